The van der Waals surface area contributed by atoms with E-state index in [0.717, 1.165) is 19.5 Å². The Hall–Kier alpha value is -1.35. The number of rotatable bonds is 2. The first kappa shape index (κ1) is 12.1. The standard InChI is InChI=1S/C14H19NO2/c1-11(16)17-13-6-4-5-12(9-13)14(2)7-8-15(3)10-14/h4-6,9H,7-8,10H2,1-3H3. The minimum Gasteiger partial charge on any atom is -0.427 e. The van der Waals surface area contributed by atoms with Crippen LogP contribution in [-0.4, -0.2) is 31.0 Å². The molecule has 1 aromatic rings. The molecule has 1 aliphatic heterocycles. The summed E-state index contributed by atoms with van der Waals surface area (Å²) in [5.41, 5.74) is 1.42. The lowest BCUT2D eigenvalue weighted by Gasteiger charge is -2.24. The van der Waals surface area contributed by atoms with Crippen molar-refractivity contribution < 1.29 is 9.53 Å². The maximum atomic E-state index is 10.9. The fourth-order valence-corrected chi connectivity index (χ4v) is 2.53. The molecule has 3 nitrogen and oxygen atoms in total. The Morgan fingerprint density at radius 2 is 2.24 bits per heavy atom. The average Bonchev–Trinajstić information content (AvgIpc) is 2.59. The van der Waals surface area contributed by atoms with Crippen LogP contribution in [0.1, 0.15) is 25.8 Å². The first-order chi connectivity index (χ1) is 7.99. The summed E-state index contributed by atoms with van der Waals surface area (Å²) in [5, 5.41) is 0. The van der Waals surface area contributed by atoms with Crippen LogP contribution >= 0.6 is 0 Å². The van der Waals surface area contributed by atoms with E-state index in [4.69, 9.17) is 4.74 Å². The summed E-state index contributed by atoms with van der Waals surface area (Å²) >= 11 is 0. The molecule has 0 spiro atoms. The molecule has 1 aromatic carbocycles. The van der Waals surface area contributed by atoms with Crippen molar-refractivity contribution in [1.82, 2.24) is 4.90 Å². The molecule has 1 aliphatic rings. The van der Waals surface area contributed by atoms with Gasteiger partial charge in [-0.2, -0.15) is 0 Å². The Balaban J connectivity index is 2.24. The summed E-state index contributed by atoms with van der Waals surface area (Å²) in [7, 11) is 2.14. The minimum absolute atomic E-state index is 0.172. The topological polar surface area (TPSA) is 29.5 Å². The highest BCUT2D eigenvalue weighted by atomic mass is 16.5. The molecule has 1 fully saturated rings. The number of hydrogen-bond acceptors (Lipinski definition) is 3. The number of hydrogen-bond donors (Lipinski definition) is 0. The molecule has 1 saturated heterocycles. The number of ether oxygens (including phenoxy) is 1. The van der Waals surface area contributed by atoms with Crippen molar-refractivity contribution in [2.24, 2.45) is 0 Å². The van der Waals surface area contributed by atoms with E-state index in [1.165, 1.54) is 12.5 Å². The van der Waals surface area contributed by atoms with Gasteiger partial charge in [0.05, 0.1) is 0 Å². The Kier molecular flexibility index (Phi) is 3.20. The molecule has 0 aliphatic carbocycles. The molecular weight excluding hydrogens is 214 g/mol. The van der Waals surface area contributed by atoms with Gasteiger partial charge in [0.25, 0.3) is 0 Å². The van der Waals surface area contributed by atoms with Gasteiger partial charge in [0.1, 0.15) is 5.75 Å². The van der Waals surface area contributed by atoms with Gasteiger partial charge in [0.15, 0.2) is 0 Å². The smallest absolute Gasteiger partial charge is 0.308 e. The van der Waals surface area contributed by atoms with E-state index in [1.54, 1.807) is 0 Å². The average molecular weight is 233 g/mol. The molecule has 0 saturated carbocycles. The molecule has 0 aromatic heterocycles. The lowest BCUT2D eigenvalue weighted by molar-refractivity contribution is -0.131. The zero-order valence-electron chi connectivity index (χ0n) is 10.7. The van der Waals surface area contributed by atoms with Gasteiger partial charge in [-0.3, -0.25) is 4.79 Å². The Bertz CT molecular complexity index is 430. The van der Waals surface area contributed by atoms with Crippen LogP contribution in [0.3, 0.4) is 0 Å². The summed E-state index contributed by atoms with van der Waals surface area (Å²) in [5.74, 6) is 0.377. The first-order valence-corrected chi connectivity index (χ1v) is 5.97. The van der Waals surface area contributed by atoms with Gasteiger partial charge in [-0.25, -0.2) is 0 Å². The third kappa shape index (κ3) is 2.67. The Labute approximate surface area is 102 Å². The third-order valence-corrected chi connectivity index (χ3v) is 3.46. The first-order valence-electron chi connectivity index (χ1n) is 5.97. The van der Waals surface area contributed by atoms with E-state index in [-0.39, 0.29) is 11.4 Å². The second-order valence-corrected chi connectivity index (χ2v) is 5.17. The number of likely N-dealkylation sites (tertiary alicyclic amines) is 1. The summed E-state index contributed by atoms with van der Waals surface area (Å²) in [6.45, 7) is 5.87. The van der Waals surface area contributed by atoms with Crippen LogP contribution in [0.2, 0.25) is 0 Å². The normalized spacial score (nSPS) is 24.9. The highest BCUT2D eigenvalue weighted by Gasteiger charge is 2.33. The van der Waals surface area contributed by atoms with Crippen LogP contribution in [0.15, 0.2) is 24.3 Å². The Morgan fingerprint density at radius 3 is 2.82 bits per heavy atom. The number of likely N-dealkylation sites (N-methyl/N-ethyl adjacent to an activating group) is 1. The van der Waals surface area contributed by atoms with Crippen molar-refractivity contribution in [3.05, 3.63) is 29.8 Å². The van der Waals surface area contributed by atoms with Crippen LogP contribution in [0.4, 0.5) is 0 Å². The van der Waals surface area contributed by atoms with E-state index < -0.39 is 0 Å². The van der Waals surface area contributed by atoms with Gasteiger partial charge in [-0.1, -0.05) is 19.1 Å². The van der Waals surface area contributed by atoms with Crippen molar-refractivity contribution in [3.8, 4) is 5.75 Å². The summed E-state index contributed by atoms with van der Waals surface area (Å²) in [6, 6.07) is 7.89. The number of carbonyl (C=O) groups excluding carboxylic acids is 1. The van der Waals surface area contributed by atoms with Crippen molar-refractivity contribution in [1.29, 1.82) is 0 Å². The summed E-state index contributed by atoms with van der Waals surface area (Å²) in [6.07, 6.45) is 1.15. The van der Waals surface area contributed by atoms with Gasteiger partial charge in [0, 0.05) is 18.9 Å². The fourth-order valence-electron chi connectivity index (χ4n) is 2.53. The van der Waals surface area contributed by atoms with Crippen LogP contribution in [0.25, 0.3) is 0 Å². The second kappa shape index (κ2) is 4.49. The molecule has 92 valence electrons. The molecule has 1 atom stereocenters. The number of esters is 1. The number of nitrogens with zero attached hydrogens (tertiary/aromatic N) is 1. The van der Waals surface area contributed by atoms with Gasteiger partial charge in [0.2, 0.25) is 0 Å². The third-order valence-electron chi connectivity index (χ3n) is 3.46. The van der Waals surface area contributed by atoms with Gasteiger partial charge < -0.3 is 9.64 Å². The number of carbonyl (C=O) groups is 1. The highest BCUT2D eigenvalue weighted by molar-refractivity contribution is 5.69. The molecule has 1 heterocycles. The largest absolute Gasteiger partial charge is 0.427 e. The lowest BCUT2D eigenvalue weighted by Crippen LogP contribution is -2.26. The van der Waals surface area contributed by atoms with Crippen molar-refractivity contribution in [2.45, 2.75) is 25.7 Å². The Morgan fingerprint density at radius 1 is 1.47 bits per heavy atom. The zero-order chi connectivity index (χ0) is 12.5. The van der Waals surface area contributed by atoms with Gasteiger partial charge in [-0.15, -0.1) is 0 Å². The molecule has 2 rings (SSSR count). The van der Waals surface area contributed by atoms with E-state index in [1.807, 2.05) is 18.2 Å². The molecule has 3 heteroatoms. The minimum atomic E-state index is -0.268. The van der Waals surface area contributed by atoms with E-state index in [2.05, 4.69) is 24.9 Å². The van der Waals surface area contributed by atoms with Crippen molar-refractivity contribution in [3.63, 3.8) is 0 Å². The monoisotopic (exact) mass is 233 g/mol. The van der Waals surface area contributed by atoms with E-state index in [0.29, 0.717) is 5.75 Å². The van der Waals surface area contributed by atoms with Crippen LogP contribution in [0.5, 0.6) is 5.75 Å². The van der Waals surface area contributed by atoms with Crippen LogP contribution < -0.4 is 4.74 Å². The summed E-state index contributed by atoms with van der Waals surface area (Å²) in [4.78, 5) is 13.3. The zero-order valence-corrected chi connectivity index (χ0v) is 10.7. The SMILES string of the molecule is CC(=O)Oc1cccc(C2(C)CCN(C)C2)c1. The maximum Gasteiger partial charge on any atom is 0.308 e. The van der Waals surface area contributed by atoms with Crippen LogP contribution in [-0.2, 0) is 10.2 Å². The van der Waals surface area contributed by atoms with Crippen LogP contribution in [0, 0.1) is 0 Å². The maximum absolute atomic E-state index is 10.9. The molecule has 0 amide bonds. The van der Waals surface area contributed by atoms with E-state index >= 15 is 0 Å². The lowest BCUT2D eigenvalue weighted by atomic mass is 9.82. The van der Waals surface area contributed by atoms with E-state index in [9.17, 15) is 4.79 Å². The molecular formula is C14H19NO2. The number of benzene rings is 1. The van der Waals surface area contributed by atoms with Crippen molar-refractivity contribution in [2.75, 3.05) is 20.1 Å². The highest BCUT2D eigenvalue weighted by Crippen LogP contribution is 2.34. The molecule has 0 bridgehead atoms. The van der Waals surface area contributed by atoms with Gasteiger partial charge in [-0.05, 0) is 37.7 Å². The predicted molar refractivity (Wildman–Crippen MR) is 67.2 cm³/mol. The molecule has 17 heavy (non-hydrogen) atoms. The fraction of sp³-hybridized carbons (Fsp3) is 0.500. The molecule has 0 N–H and O–H groups in total. The summed E-state index contributed by atoms with van der Waals surface area (Å²) < 4.78 is 5.13. The predicted octanol–water partition coefficient (Wildman–Crippen LogP) is 2.21. The quantitative estimate of drug-likeness (QED) is 0.579. The van der Waals surface area contributed by atoms with Gasteiger partial charge >= 0.3 is 5.97 Å². The second-order valence-electron chi connectivity index (χ2n) is 5.17. The molecule has 1 unspecified atom stereocenters. The molecule has 0 radical (unpaired) electrons. The van der Waals surface area contributed by atoms with Crippen molar-refractivity contribution >= 4 is 5.97 Å².